The van der Waals surface area contributed by atoms with Crippen LogP contribution in [-0.4, -0.2) is 52.1 Å². The summed E-state index contributed by atoms with van der Waals surface area (Å²) >= 11 is 0. The molecule has 1 saturated heterocycles. The Bertz CT molecular complexity index is 1270. The average molecular weight is 411 g/mol. The molecule has 0 atom stereocenters. The number of ether oxygens (including phenoxy) is 1. The highest BCUT2D eigenvalue weighted by molar-refractivity contribution is 5.81. The molecule has 4 aromatic rings. The Morgan fingerprint density at radius 1 is 1.00 bits per heavy atom. The Hall–Kier alpha value is -3.78. The van der Waals surface area contributed by atoms with Crippen LogP contribution in [-0.2, 0) is 11.2 Å². The topological polar surface area (TPSA) is 79.9 Å². The highest BCUT2D eigenvalue weighted by Gasteiger charge is 2.14. The summed E-state index contributed by atoms with van der Waals surface area (Å²) in [4.78, 5) is 15.8. The normalized spacial score (nSPS) is 15.4. The highest BCUT2D eigenvalue weighted by atomic mass is 16.5. The van der Waals surface area contributed by atoms with Gasteiger partial charge in [-0.25, -0.2) is 14.5 Å². The number of rotatable bonds is 4. The van der Waals surface area contributed by atoms with E-state index in [9.17, 15) is 0 Å². The van der Waals surface area contributed by atoms with Gasteiger partial charge in [-0.15, -0.1) is 0 Å². The fourth-order valence-electron chi connectivity index (χ4n) is 4.03. The molecule has 8 nitrogen and oxygen atoms in total. The number of nitrogens with one attached hydrogen (secondary N) is 1. The van der Waals surface area contributed by atoms with Crippen molar-refractivity contribution < 1.29 is 4.74 Å². The number of hydrogen-bond donors (Lipinski definition) is 1. The second kappa shape index (κ2) is 7.48. The van der Waals surface area contributed by atoms with Crippen LogP contribution in [0.1, 0.15) is 5.56 Å². The van der Waals surface area contributed by atoms with Crippen LogP contribution in [0, 0.1) is 0 Å². The lowest BCUT2D eigenvalue weighted by Gasteiger charge is -2.28. The second-order valence-corrected chi connectivity index (χ2v) is 7.62. The number of anilines is 3. The minimum absolute atomic E-state index is 0.756. The minimum atomic E-state index is 0.756. The lowest BCUT2D eigenvalue weighted by molar-refractivity contribution is 0.122. The molecule has 6 rings (SSSR count). The Balaban J connectivity index is 1.32. The molecule has 5 heterocycles. The van der Waals surface area contributed by atoms with E-state index in [4.69, 9.17) is 9.84 Å². The van der Waals surface area contributed by atoms with Crippen LogP contribution in [0.5, 0.6) is 0 Å². The molecule has 0 amide bonds. The number of imidazole rings is 1. The predicted molar refractivity (Wildman–Crippen MR) is 121 cm³/mol. The first-order chi connectivity index (χ1) is 15.3. The molecule has 0 unspecified atom stereocenters. The van der Waals surface area contributed by atoms with Crippen molar-refractivity contribution in [3.63, 3.8) is 0 Å². The third-order valence-electron chi connectivity index (χ3n) is 5.66. The standard InChI is InChI=1S/C23H21N7O/c1-3-19-17(5-6-24-19)13-16(1)20-14-21(23-25-7-8-30(23)28-20)27-22-4-2-18(15-26-22)29-9-11-31-12-10-29/h1-4,6-8,13-15H,5,9-12H2,(H,26,27). The van der Waals surface area contributed by atoms with Crippen LogP contribution in [0.3, 0.4) is 0 Å². The van der Waals surface area contributed by atoms with Crippen molar-refractivity contribution in [3.05, 3.63) is 60.6 Å². The van der Waals surface area contributed by atoms with E-state index in [1.807, 2.05) is 36.8 Å². The Morgan fingerprint density at radius 3 is 2.81 bits per heavy atom. The first kappa shape index (κ1) is 18.0. The third kappa shape index (κ3) is 3.40. The maximum Gasteiger partial charge on any atom is 0.177 e. The molecule has 3 aromatic heterocycles. The fourth-order valence-corrected chi connectivity index (χ4v) is 4.03. The van der Waals surface area contributed by atoms with Crippen LogP contribution in [0.15, 0.2) is 60.0 Å². The van der Waals surface area contributed by atoms with Crippen LogP contribution < -0.4 is 10.2 Å². The van der Waals surface area contributed by atoms with E-state index in [0.717, 1.165) is 72.5 Å². The average Bonchev–Trinajstić information content (AvgIpc) is 3.49. The number of aliphatic imine (C=N–C) groups is 1. The largest absolute Gasteiger partial charge is 0.378 e. The summed E-state index contributed by atoms with van der Waals surface area (Å²) in [5, 5.41) is 8.17. The SMILES string of the molecule is C1=Nc2ccc(-c3cc(Nc4ccc(N5CCOCC5)cn4)c4nccn4n3)cc2C1. The van der Waals surface area contributed by atoms with Crippen LogP contribution in [0.25, 0.3) is 16.9 Å². The Morgan fingerprint density at radius 2 is 1.94 bits per heavy atom. The molecule has 1 aromatic carbocycles. The summed E-state index contributed by atoms with van der Waals surface area (Å²) in [6.45, 7) is 3.30. The molecule has 8 heteroatoms. The lowest BCUT2D eigenvalue weighted by atomic mass is 10.1. The van der Waals surface area contributed by atoms with Gasteiger partial charge in [0.25, 0.3) is 0 Å². The van der Waals surface area contributed by atoms with Crippen molar-refractivity contribution >= 4 is 34.7 Å². The molecule has 1 N–H and O–H groups in total. The zero-order valence-electron chi connectivity index (χ0n) is 16.9. The van der Waals surface area contributed by atoms with E-state index in [-0.39, 0.29) is 0 Å². The molecule has 154 valence electrons. The van der Waals surface area contributed by atoms with Gasteiger partial charge in [-0.05, 0) is 35.9 Å². The zero-order chi connectivity index (χ0) is 20.6. The number of nitrogens with zero attached hydrogens (tertiary/aromatic N) is 6. The number of morpholine rings is 1. The molecular formula is C23H21N7O. The smallest absolute Gasteiger partial charge is 0.177 e. The van der Waals surface area contributed by atoms with Gasteiger partial charge >= 0.3 is 0 Å². The van der Waals surface area contributed by atoms with E-state index in [0.29, 0.717) is 0 Å². The molecule has 2 aliphatic heterocycles. The van der Waals surface area contributed by atoms with Gasteiger partial charge in [0.05, 0.1) is 42.2 Å². The maximum absolute atomic E-state index is 5.43. The summed E-state index contributed by atoms with van der Waals surface area (Å²) in [7, 11) is 0. The summed E-state index contributed by atoms with van der Waals surface area (Å²) in [5.41, 5.74) is 6.91. The summed E-state index contributed by atoms with van der Waals surface area (Å²) in [6, 6.07) is 12.4. The van der Waals surface area contributed by atoms with Gasteiger partial charge in [0, 0.05) is 43.7 Å². The molecule has 1 fully saturated rings. The van der Waals surface area contributed by atoms with Crippen LogP contribution in [0.4, 0.5) is 22.9 Å². The minimum Gasteiger partial charge on any atom is -0.378 e. The van der Waals surface area contributed by atoms with E-state index in [2.05, 4.69) is 43.4 Å². The van der Waals surface area contributed by atoms with Crippen LogP contribution >= 0.6 is 0 Å². The summed E-state index contributed by atoms with van der Waals surface area (Å²) < 4.78 is 7.23. The summed E-state index contributed by atoms with van der Waals surface area (Å²) in [5.74, 6) is 0.765. The second-order valence-electron chi connectivity index (χ2n) is 7.62. The first-order valence-corrected chi connectivity index (χ1v) is 10.4. The van der Waals surface area contributed by atoms with Gasteiger partial charge in [-0.3, -0.25) is 4.99 Å². The van der Waals surface area contributed by atoms with Gasteiger partial charge < -0.3 is 15.0 Å². The quantitative estimate of drug-likeness (QED) is 0.552. The van der Waals surface area contributed by atoms with Gasteiger partial charge in [0.15, 0.2) is 5.65 Å². The van der Waals surface area contributed by atoms with E-state index in [1.165, 1.54) is 5.56 Å². The number of fused-ring (bicyclic) bond motifs is 2. The lowest BCUT2D eigenvalue weighted by Crippen LogP contribution is -2.36. The zero-order valence-corrected chi connectivity index (χ0v) is 16.9. The summed E-state index contributed by atoms with van der Waals surface area (Å²) in [6.07, 6.45) is 8.32. The van der Waals surface area contributed by atoms with Gasteiger partial charge in [-0.2, -0.15) is 5.10 Å². The molecule has 31 heavy (non-hydrogen) atoms. The molecule has 0 bridgehead atoms. The maximum atomic E-state index is 5.43. The van der Waals surface area contributed by atoms with E-state index < -0.39 is 0 Å². The van der Waals surface area contributed by atoms with Crippen molar-refractivity contribution in [1.82, 2.24) is 19.6 Å². The predicted octanol–water partition coefficient (Wildman–Crippen LogP) is 3.63. The molecule has 0 radical (unpaired) electrons. The van der Waals surface area contributed by atoms with Crippen LogP contribution in [0.2, 0.25) is 0 Å². The number of pyridine rings is 1. The van der Waals surface area contributed by atoms with E-state index >= 15 is 0 Å². The van der Waals surface area contributed by atoms with Gasteiger partial charge in [0.2, 0.25) is 0 Å². The molecule has 0 aliphatic carbocycles. The molecule has 0 spiro atoms. The van der Waals surface area contributed by atoms with Crippen molar-refractivity contribution in [2.45, 2.75) is 6.42 Å². The number of benzene rings is 1. The number of aromatic nitrogens is 4. The first-order valence-electron chi connectivity index (χ1n) is 10.4. The molecule has 0 saturated carbocycles. The monoisotopic (exact) mass is 411 g/mol. The fraction of sp³-hybridized carbons (Fsp3) is 0.217. The van der Waals surface area contributed by atoms with Crippen molar-refractivity contribution in [3.8, 4) is 11.3 Å². The molecular weight excluding hydrogens is 390 g/mol. The van der Waals surface area contributed by atoms with E-state index in [1.54, 1.807) is 10.7 Å². The Kier molecular flexibility index (Phi) is 4.35. The van der Waals surface area contributed by atoms with Gasteiger partial charge in [-0.1, -0.05) is 6.07 Å². The molecule has 2 aliphatic rings. The van der Waals surface area contributed by atoms with Crippen molar-refractivity contribution in [2.24, 2.45) is 4.99 Å². The third-order valence-corrected chi connectivity index (χ3v) is 5.66. The number of hydrogen-bond acceptors (Lipinski definition) is 7. The van der Waals surface area contributed by atoms with Crippen molar-refractivity contribution in [1.29, 1.82) is 0 Å². The van der Waals surface area contributed by atoms with Gasteiger partial charge in [0.1, 0.15) is 5.82 Å². The van der Waals surface area contributed by atoms with Crippen molar-refractivity contribution in [2.75, 3.05) is 36.5 Å². The highest BCUT2D eigenvalue weighted by Crippen LogP contribution is 2.31. The Labute approximate surface area is 179 Å².